The molecule has 4 nitrogen and oxygen atoms in total. The molecule has 5 heteroatoms. The molecule has 0 radical (unpaired) electrons. The first kappa shape index (κ1) is 31.4. The van der Waals surface area contributed by atoms with Crippen molar-refractivity contribution < 1.29 is 4.42 Å². The Morgan fingerprint density at radius 1 is 0.418 bits per heavy atom. The monoisotopic (exact) mass is 719 g/mol. The maximum atomic E-state index is 6.80. The molecule has 0 saturated carbocycles. The van der Waals surface area contributed by atoms with Gasteiger partial charge in [0.25, 0.3) is 0 Å². The lowest BCUT2D eigenvalue weighted by Gasteiger charge is -2.34. The molecule has 0 N–H and O–H groups in total. The summed E-state index contributed by atoms with van der Waals surface area (Å²) < 4.78 is 9.03. The molecular weight excluding hydrogens is 687 g/mol. The first-order valence-electron chi connectivity index (χ1n) is 18.7. The molecule has 0 atom stereocenters. The van der Waals surface area contributed by atoms with Crippen molar-refractivity contribution in [2.45, 2.75) is 0 Å². The van der Waals surface area contributed by atoms with Crippen LogP contribution in [0.15, 0.2) is 205 Å². The fraction of sp³-hybridized carbons (Fsp3) is 0. The van der Waals surface area contributed by atoms with Crippen LogP contribution in [-0.4, -0.2) is 22.6 Å². The normalized spacial score (nSPS) is 12.0. The molecule has 0 saturated heterocycles. The van der Waals surface area contributed by atoms with Gasteiger partial charge in [0.15, 0.2) is 13.7 Å². The van der Waals surface area contributed by atoms with E-state index < -0.39 is 8.07 Å². The number of hydrogen-bond donors (Lipinski definition) is 0. The molecule has 0 spiro atoms. The minimum Gasteiger partial charge on any atom is -0.454 e. The smallest absolute Gasteiger partial charge is 0.235 e. The molecular formula is C50H33N3OSi. The van der Waals surface area contributed by atoms with Crippen LogP contribution < -0.4 is 20.7 Å². The second-order valence-corrected chi connectivity index (χ2v) is 17.9. The number of aromatic nitrogens is 3. The molecule has 55 heavy (non-hydrogen) atoms. The molecule has 3 heterocycles. The van der Waals surface area contributed by atoms with Crippen LogP contribution in [-0.2, 0) is 0 Å². The third-order valence-electron chi connectivity index (χ3n) is 11.2. The van der Waals surface area contributed by atoms with Gasteiger partial charge in [0, 0.05) is 32.5 Å². The van der Waals surface area contributed by atoms with Gasteiger partial charge in [-0.25, -0.2) is 9.97 Å². The molecule has 0 aliphatic rings. The van der Waals surface area contributed by atoms with Crippen LogP contribution >= 0.6 is 0 Å². The van der Waals surface area contributed by atoms with Gasteiger partial charge < -0.3 is 4.42 Å². The number of benzene rings is 8. The van der Waals surface area contributed by atoms with Gasteiger partial charge in [-0.05, 0) is 45.0 Å². The Hall–Kier alpha value is -7.08. The summed E-state index contributed by atoms with van der Waals surface area (Å²) in [5, 5.41) is 10.7. The van der Waals surface area contributed by atoms with Gasteiger partial charge in [-0.2, -0.15) is 0 Å². The van der Waals surface area contributed by atoms with Crippen molar-refractivity contribution in [1.82, 2.24) is 14.5 Å². The van der Waals surface area contributed by atoms with Gasteiger partial charge in [0.1, 0.15) is 11.1 Å². The van der Waals surface area contributed by atoms with Gasteiger partial charge >= 0.3 is 0 Å². The molecule has 0 bridgehead atoms. The largest absolute Gasteiger partial charge is 0.454 e. The van der Waals surface area contributed by atoms with Crippen LogP contribution in [0, 0.1) is 0 Å². The van der Waals surface area contributed by atoms with Crippen LogP contribution in [0.5, 0.6) is 0 Å². The zero-order valence-corrected chi connectivity index (χ0v) is 30.8. The highest BCUT2D eigenvalue weighted by Crippen LogP contribution is 2.40. The summed E-state index contributed by atoms with van der Waals surface area (Å²) in [5.41, 5.74) is 6.50. The van der Waals surface area contributed by atoms with E-state index in [2.05, 4.69) is 180 Å². The average molecular weight is 720 g/mol. The second kappa shape index (κ2) is 12.5. The van der Waals surface area contributed by atoms with E-state index in [0.717, 1.165) is 65.9 Å². The lowest BCUT2D eigenvalue weighted by molar-refractivity contribution is 0.671. The predicted molar refractivity (Wildman–Crippen MR) is 230 cm³/mol. The van der Waals surface area contributed by atoms with E-state index in [1.807, 2.05) is 24.3 Å². The van der Waals surface area contributed by atoms with Crippen molar-refractivity contribution in [3.8, 4) is 17.2 Å². The van der Waals surface area contributed by atoms with E-state index in [4.69, 9.17) is 14.4 Å². The Labute approximate surface area is 318 Å². The van der Waals surface area contributed by atoms with Gasteiger partial charge in [-0.15, -0.1) is 0 Å². The van der Waals surface area contributed by atoms with Crippen LogP contribution in [0.1, 0.15) is 0 Å². The van der Waals surface area contributed by atoms with Crippen molar-refractivity contribution in [2.75, 3.05) is 0 Å². The maximum absolute atomic E-state index is 6.80. The third kappa shape index (κ3) is 4.77. The fourth-order valence-electron chi connectivity index (χ4n) is 8.77. The number of nitrogens with zero attached hydrogens (tertiary/aromatic N) is 3. The Balaban J connectivity index is 1.29. The van der Waals surface area contributed by atoms with Crippen LogP contribution in [0.4, 0.5) is 0 Å². The lowest BCUT2D eigenvalue weighted by atomic mass is 10.1. The summed E-state index contributed by atoms with van der Waals surface area (Å²) in [6.45, 7) is 0. The molecule has 0 fully saturated rings. The van der Waals surface area contributed by atoms with Gasteiger partial charge in [-0.3, -0.25) is 4.57 Å². The summed E-state index contributed by atoms with van der Waals surface area (Å²) in [7, 11) is -2.81. The molecule has 0 aliphatic carbocycles. The number of furan rings is 1. The SMILES string of the molecule is c1ccc(-c2nc(-n3c4ccc([Si](c5ccccc5)(c5ccccc5)c5ccccc5)cc4c4ccc5c6ccccc6oc5c43)nc3ccccc23)cc1. The average Bonchev–Trinajstić information content (AvgIpc) is 3.81. The molecule has 3 aromatic heterocycles. The third-order valence-corrected chi connectivity index (χ3v) is 15.9. The van der Waals surface area contributed by atoms with Crippen LogP contribution in [0.25, 0.3) is 71.9 Å². The van der Waals surface area contributed by atoms with Crippen LogP contribution in [0.3, 0.4) is 0 Å². The predicted octanol–water partition coefficient (Wildman–Crippen LogP) is 9.67. The van der Waals surface area contributed by atoms with E-state index in [-0.39, 0.29) is 0 Å². The van der Waals surface area contributed by atoms with Crippen molar-refractivity contribution in [1.29, 1.82) is 0 Å². The number of hydrogen-bond acceptors (Lipinski definition) is 3. The Morgan fingerprint density at radius 3 is 1.65 bits per heavy atom. The molecule has 0 unspecified atom stereocenters. The Bertz CT molecular complexity index is 3100. The lowest BCUT2D eigenvalue weighted by Crippen LogP contribution is -2.74. The molecule has 0 aliphatic heterocycles. The van der Waals surface area contributed by atoms with Crippen molar-refractivity contribution >= 4 is 83.5 Å². The van der Waals surface area contributed by atoms with E-state index >= 15 is 0 Å². The minimum absolute atomic E-state index is 0.607. The van der Waals surface area contributed by atoms with E-state index in [0.29, 0.717) is 5.95 Å². The highest BCUT2D eigenvalue weighted by Gasteiger charge is 2.41. The van der Waals surface area contributed by atoms with Crippen LogP contribution in [0.2, 0.25) is 0 Å². The molecule has 11 rings (SSSR count). The molecule has 11 aromatic rings. The summed E-state index contributed by atoms with van der Waals surface area (Å²) in [6, 6.07) is 71.8. The number of rotatable bonds is 6. The van der Waals surface area contributed by atoms with Crippen molar-refractivity contribution in [3.05, 3.63) is 200 Å². The summed E-state index contributed by atoms with van der Waals surface area (Å²) in [5.74, 6) is 0.607. The highest BCUT2D eigenvalue weighted by atomic mass is 28.3. The van der Waals surface area contributed by atoms with E-state index in [1.54, 1.807) is 0 Å². The highest BCUT2D eigenvalue weighted by molar-refractivity contribution is 7.20. The van der Waals surface area contributed by atoms with Crippen molar-refractivity contribution in [2.24, 2.45) is 0 Å². The molecule has 8 aromatic carbocycles. The molecule has 0 amide bonds. The van der Waals surface area contributed by atoms with Gasteiger partial charge in [0.2, 0.25) is 5.95 Å². The summed E-state index contributed by atoms with van der Waals surface area (Å²) in [4.78, 5) is 10.7. The second-order valence-electron chi connectivity index (χ2n) is 14.1. The first-order valence-corrected chi connectivity index (χ1v) is 20.7. The minimum atomic E-state index is -2.81. The van der Waals surface area contributed by atoms with E-state index in [9.17, 15) is 0 Å². The number of para-hydroxylation sites is 2. The standard InChI is InChI=1S/C50H33N3OSi/c1-5-17-34(18-6-1)47-42-26-13-15-27-44(42)51-50(52-47)53-45-32-29-38(33-43(45)40-30-31-41-39-25-14-16-28-46(39)54-49(41)48(40)53)55(35-19-7-2-8-20-35,36-21-9-3-10-22-36)37-23-11-4-12-24-37/h1-33H. The van der Waals surface area contributed by atoms with E-state index in [1.165, 1.54) is 20.7 Å². The summed E-state index contributed by atoms with van der Waals surface area (Å²) >= 11 is 0. The fourth-order valence-corrected chi connectivity index (χ4v) is 13.5. The maximum Gasteiger partial charge on any atom is 0.235 e. The summed E-state index contributed by atoms with van der Waals surface area (Å²) in [6.07, 6.45) is 0. The zero-order valence-electron chi connectivity index (χ0n) is 29.8. The zero-order chi connectivity index (χ0) is 36.3. The quantitative estimate of drug-likeness (QED) is 0.127. The Morgan fingerprint density at radius 2 is 0.982 bits per heavy atom. The number of fused-ring (bicyclic) bond motifs is 8. The first-order chi connectivity index (χ1) is 27.3. The van der Waals surface area contributed by atoms with Gasteiger partial charge in [0.05, 0.1) is 16.7 Å². The Kier molecular flexibility index (Phi) is 7.15. The molecule has 258 valence electrons. The van der Waals surface area contributed by atoms with Crippen molar-refractivity contribution in [3.63, 3.8) is 0 Å². The van der Waals surface area contributed by atoms with Gasteiger partial charge in [-0.1, -0.05) is 176 Å². The topological polar surface area (TPSA) is 43.9 Å².